The minimum absolute atomic E-state index is 0.287. The normalized spacial score (nSPS) is 50.6. The molecule has 0 N–H and O–H groups in total. The highest BCUT2D eigenvalue weighted by Gasteiger charge is 2.63. The highest BCUT2D eigenvalue weighted by molar-refractivity contribution is 5.91. The number of halogens is 1. The molecule has 22 heavy (non-hydrogen) atoms. The minimum Gasteiger partial charge on any atom is -0.300 e. The maximum atomic E-state index is 15.1. The van der Waals surface area contributed by atoms with E-state index >= 15 is 4.39 Å². The summed E-state index contributed by atoms with van der Waals surface area (Å²) in [6, 6.07) is 0. The van der Waals surface area contributed by atoms with Crippen LogP contribution in [0.3, 0.4) is 0 Å². The molecule has 0 aromatic heterocycles. The molecule has 0 aromatic carbocycles. The van der Waals surface area contributed by atoms with Gasteiger partial charge in [-0.1, -0.05) is 12.5 Å². The highest BCUT2D eigenvalue weighted by atomic mass is 19.1. The summed E-state index contributed by atoms with van der Waals surface area (Å²) in [4.78, 5) is 23.1. The molecule has 0 saturated heterocycles. The van der Waals surface area contributed by atoms with Crippen LogP contribution in [0.15, 0.2) is 11.6 Å². The van der Waals surface area contributed by atoms with Crippen molar-refractivity contribution in [3.05, 3.63) is 11.6 Å². The van der Waals surface area contributed by atoms with Crippen molar-refractivity contribution in [1.82, 2.24) is 0 Å². The summed E-state index contributed by atoms with van der Waals surface area (Å²) in [5, 5.41) is 0. The molecular weight excluding hydrogens is 279 g/mol. The molecule has 4 aliphatic rings. The Bertz CT molecular complexity index is 554. The van der Waals surface area contributed by atoms with Crippen LogP contribution in [0.2, 0.25) is 0 Å². The van der Waals surface area contributed by atoms with E-state index in [4.69, 9.17) is 0 Å². The highest BCUT2D eigenvalue weighted by Crippen LogP contribution is 2.65. The molecular formula is C19H25FO2. The van der Waals surface area contributed by atoms with Gasteiger partial charge in [0, 0.05) is 11.8 Å². The number of ketones is 1. The van der Waals surface area contributed by atoms with Gasteiger partial charge in [0.15, 0.2) is 17.7 Å². The zero-order chi connectivity index (χ0) is 15.5. The second-order valence-electron chi connectivity index (χ2n) is 8.28. The van der Waals surface area contributed by atoms with Crippen LogP contribution in [-0.4, -0.2) is 17.7 Å². The van der Waals surface area contributed by atoms with Crippen molar-refractivity contribution in [3.63, 3.8) is 0 Å². The third-order valence-electron chi connectivity index (χ3n) is 7.65. The molecule has 0 amide bonds. The van der Waals surface area contributed by atoms with Gasteiger partial charge in [-0.15, -0.1) is 0 Å². The summed E-state index contributed by atoms with van der Waals surface area (Å²) in [5.41, 5.74) is -0.705. The fourth-order valence-corrected chi connectivity index (χ4v) is 6.39. The average Bonchev–Trinajstić information content (AvgIpc) is 2.79. The smallest absolute Gasteiger partial charge is 0.171 e. The van der Waals surface area contributed by atoms with E-state index in [2.05, 4.69) is 0 Å². The van der Waals surface area contributed by atoms with Crippen LogP contribution in [-0.2, 0) is 9.59 Å². The SMILES string of the molecule is CC12CCC3C4CCC(=O)C=C4CCC3C1CCC2(F)C=O. The lowest BCUT2D eigenvalue weighted by Crippen LogP contribution is -2.51. The van der Waals surface area contributed by atoms with Crippen molar-refractivity contribution in [2.45, 2.75) is 64.0 Å². The van der Waals surface area contributed by atoms with E-state index in [9.17, 15) is 9.59 Å². The Kier molecular flexibility index (Phi) is 3.15. The molecule has 6 unspecified atom stereocenters. The summed E-state index contributed by atoms with van der Waals surface area (Å²) in [6.07, 6.45) is 9.37. The number of carbonyl (C=O) groups excluding carboxylic acids is 2. The molecule has 3 heteroatoms. The number of fused-ring (bicyclic) bond motifs is 5. The molecule has 0 aromatic rings. The maximum Gasteiger partial charge on any atom is 0.171 e. The van der Waals surface area contributed by atoms with Crippen molar-refractivity contribution in [3.8, 4) is 0 Å². The Morgan fingerprint density at radius 2 is 1.95 bits per heavy atom. The van der Waals surface area contributed by atoms with Crippen LogP contribution in [0.5, 0.6) is 0 Å². The van der Waals surface area contributed by atoms with Gasteiger partial charge in [0.1, 0.15) is 0 Å². The monoisotopic (exact) mass is 304 g/mol. The molecule has 4 rings (SSSR count). The van der Waals surface area contributed by atoms with E-state index in [1.165, 1.54) is 5.57 Å². The van der Waals surface area contributed by atoms with Crippen molar-refractivity contribution in [2.75, 3.05) is 0 Å². The number of hydrogen-bond acceptors (Lipinski definition) is 2. The lowest BCUT2D eigenvalue weighted by molar-refractivity contribution is -0.132. The van der Waals surface area contributed by atoms with Gasteiger partial charge < -0.3 is 0 Å². The van der Waals surface area contributed by atoms with Crippen LogP contribution in [0.25, 0.3) is 0 Å². The molecule has 4 aliphatic carbocycles. The first-order chi connectivity index (χ1) is 10.5. The van der Waals surface area contributed by atoms with Gasteiger partial charge in [0.2, 0.25) is 0 Å². The van der Waals surface area contributed by atoms with E-state index in [1.54, 1.807) is 0 Å². The number of carbonyl (C=O) groups is 2. The first kappa shape index (κ1) is 14.6. The Balaban J connectivity index is 1.65. The number of rotatable bonds is 1. The van der Waals surface area contributed by atoms with Crippen LogP contribution in [0.1, 0.15) is 58.3 Å². The van der Waals surface area contributed by atoms with Crippen LogP contribution < -0.4 is 0 Å². The second kappa shape index (κ2) is 4.75. The zero-order valence-corrected chi connectivity index (χ0v) is 13.3. The molecule has 0 bridgehead atoms. The van der Waals surface area contributed by atoms with Crippen LogP contribution in [0.4, 0.5) is 4.39 Å². The van der Waals surface area contributed by atoms with Gasteiger partial charge in [-0.25, -0.2) is 4.39 Å². The van der Waals surface area contributed by atoms with Crippen molar-refractivity contribution >= 4 is 12.1 Å². The largest absolute Gasteiger partial charge is 0.300 e. The topological polar surface area (TPSA) is 34.1 Å². The minimum atomic E-state index is -1.61. The summed E-state index contributed by atoms with van der Waals surface area (Å²) < 4.78 is 15.1. The van der Waals surface area contributed by atoms with E-state index in [-0.39, 0.29) is 5.78 Å². The predicted molar refractivity (Wildman–Crippen MR) is 82.0 cm³/mol. The number of allylic oxidation sites excluding steroid dienone is 1. The molecule has 6 atom stereocenters. The lowest BCUT2D eigenvalue weighted by atomic mass is 9.51. The first-order valence-electron chi connectivity index (χ1n) is 8.87. The lowest BCUT2D eigenvalue weighted by Gasteiger charge is -2.54. The predicted octanol–water partition coefficient (Wildman–Crippen LogP) is 4.04. The quantitative estimate of drug-likeness (QED) is 0.685. The number of alkyl halides is 1. The van der Waals surface area contributed by atoms with Gasteiger partial charge in [-0.05, 0) is 74.7 Å². The first-order valence-corrected chi connectivity index (χ1v) is 8.87. The summed E-state index contributed by atoms with van der Waals surface area (Å²) in [6.45, 7) is 2.02. The standard InChI is InChI=1S/C19H25FO2/c1-18-8-6-15-14-5-3-13(22)10-12(14)2-4-16(15)17(18)7-9-19(18,20)11-21/h10-11,14-17H,2-9H2,1H3. The second-order valence-corrected chi connectivity index (χ2v) is 8.28. The third-order valence-corrected chi connectivity index (χ3v) is 7.65. The van der Waals surface area contributed by atoms with Gasteiger partial charge in [-0.2, -0.15) is 0 Å². The average molecular weight is 304 g/mol. The molecule has 3 saturated carbocycles. The van der Waals surface area contributed by atoms with E-state index in [0.717, 1.165) is 38.5 Å². The fourth-order valence-electron chi connectivity index (χ4n) is 6.39. The van der Waals surface area contributed by atoms with Gasteiger partial charge in [0.25, 0.3) is 0 Å². The Hall–Kier alpha value is -0.990. The molecule has 0 aliphatic heterocycles. The summed E-state index contributed by atoms with van der Waals surface area (Å²) >= 11 is 0. The number of hydrogen-bond donors (Lipinski definition) is 0. The third kappa shape index (κ3) is 1.77. The van der Waals surface area contributed by atoms with Crippen LogP contribution >= 0.6 is 0 Å². The van der Waals surface area contributed by atoms with Crippen molar-refractivity contribution in [2.24, 2.45) is 29.1 Å². The van der Waals surface area contributed by atoms with Gasteiger partial charge in [-0.3, -0.25) is 9.59 Å². The molecule has 120 valence electrons. The Labute approximate surface area is 131 Å². The zero-order valence-electron chi connectivity index (χ0n) is 13.3. The molecule has 2 nitrogen and oxygen atoms in total. The molecule has 0 radical (unpaired) electrons. The Morgan fingerprint density at radius 1 is 1.14 bits per heavy atom. The van der Waals surface area contributed by atoms with E-state index < -0.39 is 11.1 Å². The molecule has 0 heterocycles. The van der Waals surface area contributed by atoms with E-state index in [0.29, 0.717) is 42.8 Å². The molecule has 3 fully saturated rings. The summed E-state index contributed by atoms with van der Waals surface area (Å²) in [7, 11) is 0. The van der Waals surface area contributed by atoms with Crippen molar-refractivity contribution in [1.29, 1.82) is 0 Å². The van der Waals surface area contributed by atoms with Crippen molar-refractivity contribution < 1.29 is 14.0 Å². The Morgan fingerprint density at radius 3 is 2.73 bits per heavy atom. The summed E-state index contributed by atoms with van der Waals surface area (Å²) in [5.74, 6) is 2.34. The van der Waals surface area contributed by atoms with E-state index in [1.807, 2.05) is 13.0 Å². The van der Waals surface area contributed by atoms with Crippen LogP contribution in [0, 0.1) is 29.1 Å². The van der Waals surface area contributed by atoms with Gasteiger partial charge >= 0.3 is 0 Å². The molecule has 0 spiro atoms. The fraction of sp³-hybridized carbons (Fsp3) is 0.789. The van der Waals surface area contributed by atoms with Gasteiger partial charge in [0.05, 0.1) is 0 Å². The number of aldehydes is 1. The maximum absolute atomic E-state index is 15.1.